The van der Waals surface area contributed by atoms with Gasteiger partial charge < -0.3 is 24.9 Å². The second-order valence-corrected chi connectivity index (χ2v) is 9.04. The topological polar surface area (TPSA) is 90.5 Å². The average molecular weight is 382 g/mol. The first-order valence-corrected chi connectivity index (χ1v) is 10.2. The lowest BCUT2D eigenvalue weighted by atomic mass is 9.46. The maximum atomic E-state index is 12.3. The zero-order chi connectivity index (χ0) is 19.7. The van der Waals surface area contributed by atoms with Crippen molar-refractivity contribution in [1.29, 1.82) is 0 Å². The van der Waals surface area contributed by atoms with E-state index in [4.69, 9.17) is 4.65 Å². The lowest BCUT2D eigenvalue weighted by molar-refractivity contribution is -0.194. The highest BCUT2D eigenvalue weighted by atomic mass is 16.5. The van der Waals surface area contributed by atoms with E-state index in [-0.39, 0.29) is 23.4 Å². The smallest absolute Gasteiger partial charge is 0.423 e. The molecule has 1 saturated carbocycles. The summed E-state index contributed by atoms with van der Waals surface area (Å²) in [6.07, 6.45) is 6.45. The van der Waals surface area contributed by atoms with Gasteiger partial charge in [-0.25, -0.2) is 9.78 Å². The second kappa shape index (κ2) is 5.97. The number of aromatic nitrogens is 2. The number of amides is 2. The first-order valence-electron chi connectivity index (χ1n) is 10.2. The van der Waals surface area contributed by atoms with E-state index in [1.807, 2.05) is 31.0 Å². The molecule has 7 nitrogen and oxygen atoms in total. The molecule has 0 bridgehead atoms. The minimum Gasteiger partial charge on any atom is -0.423 e. The van der Waals surface area contributed by atoms with Crippen LogP contribution in [0.2, 0.25) is 0 Å². The van der Waals surface area contributed by atoms with Crippen molar-refractivity contribution in [2.45, 2.75) is 51.7 Å². The van der Waals surface area contributed by atoms with Gasteiger partial charge in [0.05, 0.1) is 5.60 Å². The van der Waals surface area contributed by atoms with E-state index in [0.29, 0.717) is 0 Å². The molecule has 2 aromatic heterocycles. The predicted molar refractivity (Wildman–Crippen MR) is 107 cm³/mol. The molecule has 2 fully saturated rings. The molecule has 0 aromatic carbocycles. The van der Waals surface area contributed by atoms with Crippen LogP contribution in [0.3, 0.4) is 0 Å². The maximum Gasteiger partial charge on any atom is 0.493 e. The van der Waals surface area contributed by atoms with E-state index in [9.17, 15) is 9.82 Å². The van der Waals surface area contributed by atoms with Gasteiger partial charge in [-0.3, -0.25) is 0 Å². The number of piperidine rings is 1. The Morgan fingerprint density at radius 2 is 2.21 bits per heavy atom. The molecule has 148 valence electrons. The minimum absolute atomic E-state index is 0.0320. The summed E-state index contributed by atoms with van der Waals surface area (Å²) in [5.41, 5.74) is 2.43. The van der Waals surface area contributed by atoms with Crippen LogP contribution in [-0.2, 0) is 10.3 Å². The number of aromatic amines is 1. The van der Waals surface area contributed by atoms with Crippen LogP contribution in [0.15, 0.2) is 18.5 Å². The number of hydrogen-bond donors (Lipinski definition) is 3. The van der Waals surface area contributed by atoms with Crippen LogP contribution in [0.1, 0.15) is 45.6 Å². The van der Waals surface area contributed by atoms with E-state index in [1.165, 1.54) is 0 Å². The zero-order valence-corrected chi connectivity index (χ0v) is 16.7. The lowest BCUT2D eigenvalue weighted by Gasteiger charge is -2.63. The van der Waals surface area contributed by atoms with Crippen LogP contribution in [0.25, 0.3) is 11.0 Å². The highest BCUT2D eigenvalue weighted by molar-refractivity contribution is 6.62. The Kier molecular flexibility index (Phi) is 3.84. The van der Waals surface area contributed by atoms with Crippen molar-refractivity contribution >= 4 is 29.6 Å². The van der Waals surface area contributed by atoms with Crippen molar-refractivity contribution in [3.05, 3.63) is 24.0 Å². The number of fused-ring (bicyclic) bond motifs is 4. The average Bonchev–Trinajstić information content (AvgIpc) is 3.25. The first-order chi connectivity index (χ1) is 13.4. The van der Waals surface area contributed by atoms with Gasteiger partial charge in [0.1, 0.15) is 5.65 Å². The molecule has 5 rings (SSSR count). The Balaban J connectivity index is 1.40. The number of rotatable bonds is 1. The Bertz CT molecular complexity index is 937. The lowest BCUT2D eigenvalue weighted by Crippen LogP contribution is -2.62. The molecule has 2 unspecified atom stereocenters. The number of nitrogens with zero attached hydrogens (tertiary/aromatic N) is 2. The standard InChI is InChI=1S/C20H27BN4O3/c1-12(2)24-18(26)25-8-5-19(6-9-25)11-20(13(19)3)16-14-4-7-22-17(14)23-10-15(16)21(27)28-20/h4,7,10,12-13,27H,5-6,8-9,11H2,1-3H3,(H,22,23)(H,24,26). The molecule has 2 atom stereocenters. The summed E-state index contributed by atoms with van der Waals surface area (Å²) < 4.78 is 6.21. The number of hydrogen-bond acceptors (Lipinski definition) is 4. The van der Waals surface area contributed by atoms with Gasteiger partial charge in [-0.1, -0.05) is 6.92 Å². The molecule has 2 aromatic rings. The number of carbonyl (C=O) groups is 1. The Hall–Kier alpha value is -2.06. The van der Waals surface area contributed by atoms with Gasteiger partial charge in [0.15, 0.2) is 0 Å². The molecule has 4 heterocycles. The van der Waals surface area contributed by atoms with Crippen LogP contribution < -0.4 is 10.8 Å². The molecule has 2 aliphatic heterocycles. The van der Waals surface area contributed by atoms with Gasteiger partial charge in [0, 0.05) is 42.4 Å². The summed E-state index contributed by atoms with van der Waals surface area (Å²) in [5.74, 6) is 0.270. The van der Waals surface area contributed by atoms with Crippen LogP contribution in [-0.4, -0.2) is 52.2 Å². The predicted octanol–water partition coefficient (Wildman–Crippen LogP) is 1.72. The normalized spacial score (nSPS) is 28.2. The number of pyridine rings is 1. The quantitative estimate of drug-likeness (QED) is 0.655. The van der Waals surface area contributed by atoms with Crippen molar-refractivity contribution < 1.29 is 14.5 Å². The molecule has 28 heavy (non-hydrogen) atoms. The van der Waals surface area contributed by atoms with Gasteiger partial charge in [-0.05, 0) is 56.1 Å². The van der Waals surface area contributed by atoms with E-state index in [2.05, 4.69) is 22.2 Å². The summed E-state index contributed by atoms with van der Waals surface area (Å²) in [4.78, 5) is 21.8. The molecule has 2 spiro atoms. The number of carbonyl (C=O) groups excluding carboxylic acids is 1. The van der Waals surface area contributed by atoms with Crippen molar-refractivity contribution in [3.63, 3.8) is 0 Å². The van der Waals surface area contributed by atoms with E-state index in [1.54, 1.807) is 6.20 Å². The maximum absolute atomic E-state index is 12.3. The molecular formula is C20H27BN4O3. The minimum atomic E-state index is -0.918. The molecule has 1 aliphatic carbocycles. The first kappa shape index (κ1) is 18.0. The molecule has 2 amide bonds. The molecule has 1 saturated heterocycles. The van der Waals surface area contributed by atoms with E-state index >= 15 is 0 Å². The van der Waals surface area contributed by atoms with Crippen molar-refractivity contribution in [3.8, 4) is 0 Å². The van der Waals surface area contributed by atoms with Gasteiger partial charge in [-0.15, -0.1) is 0 Å². The summed E-state index contributed by atoms with van der Waals surface area (Å²) in [7, 11) is -0.918. The third-order valence-electron chi connectivity index (χ3n) is 7.32. The van der Waals surface area contributed by atoms with Crippen molar-refractivity contribution in [2.24, 2.45) is 11.3 Å². The molecule has 8 heteroatoms. The molecule has 3 N–H and O–H groups in total. The highest BCUT2D eigenvalue weighted by Gasteiger charge is 2.67. The van der Waals surface area contributed by atoms with Crippen molar-refractivity contribution in [1.82, 2.24) is 20.2 Å². The van der Waals surface area contributed by atoms with E-state index in [0.717, 1.165) is 54.4 Å². The fourth-order valence-electron chi connectivity index (χ4n) is 5.75. The summed E-state index contributed by atoms with van der Waals surface area (Å²) >= 11 is 0. The third kappa shape index (κ3) is 2.31. The highest BCUT2D eigenvalue weighted by Crippen LogP contribution is 2.66. The van der Waals surface area contributed by atoms with Crippen LogP contribution in [0.5, 0.6) is 0 Å². The number of nitrogens with one attached hydrogen (secondary N) is 2. The Labute approximate surface area is 165 Å². The number of H-pyrrole nitrogens is 1. The van der Waals surface area contributed by atoms with Crippen LogP contribution >= 0.6 is 0 Å². The Morgan fingerprint density at radius 3 is 2.89 bits per heavy atom. The fraction of sp³-hybridized carbons (Fsp3) is 0.600. The molecule has 3 aliphatic rings. The van der Waals surface area contributed by atoms with Gasteiger partial charge >= 0.3 is 13.1 Å². The SMILES string of the molecule is CC(C)NC(=O)N1CCC2(CC1)CC1(OB(O)c3cnc4[nH]ccc4c31)C2C. The molecule has 0 radical (unpaired) electrons. The fourth-order valence-corrected chi connectivity index (χ4v) is 5.75. The zero-order valence-electron chi connectivity index (χ0n) is 16.7. The number of urea groups is 1. The largest absolute Gasteiger partial charge is 0.493 e. The third-order valence-corrected chi connectivity index (χ3v) is 7.32. The van der Waals surface area contributed by atoms with Gasteiger partial charge in [-0.2, -0.15) is 0 Å². The monoisotopic (exact) mass is 382 g/mol. The Morgan fingerprint density at radius 1 is 1.46 bits per heavy atom. The summed E-state index contributed by atoms with van der Waals surface area (Å²) in [6, 6.07) is 2.21. The summed E-state index contributed by atoms with van der Waals surface area (Å²) in [5, 5.41) is 14.6. The van der Waals surface area contributed by atoms with Crippen molar-refractivity contribution in [2.75, 3.05) is 13.1 Å². The van der Waals surface area contributed by atoms with E-state index < -0.39 is 12.7 Å². The molecular weight excluding hydrogens is 355 g/mol. The van der Waals surface area contributed by atoms with Crippen LogP contribution in [0, 0.1) is 11.3 Å². The van der Waals surface area contributed by atoms with Gasteiger partial charge in [0.2, 0.25) is 0 Å². The summed E-state index contributed by atoms with van der Waals surface area (Å²) in [6.45, 7) is 7.75. The number of likely N-dealkylation sites (tertiary alicyclic amines) is 1. The van der Waals surface area contributed by atoms with Gasteiger partial charge in [0.25, 0.3) is 0 Å². The van der Waals surface area contributed by atoms with Crippen LogP contribution in [0.4, 0.5) is 4.79 Å². The second-order valence-electron chi connectivity index (χ2n) is 9.04.